The highest BCUT2D eigenvalue weighted by atomic mass is 16.2. The molecule has 1 aromatic rings. The van der Waals surface area contributed by atoms with Gasteiger partial charge in [0.1, 0.15) is 0 Å². The van der Waals surface area contributed by atoms with Gasteiger partial charge in [-0.1, -0.05) is 19.1 Å². The molecule has 1 N–H and O–H groups in total. The maximum absolute atomic E-state index is 11.3. The molecule has 0 bridgehead atoms. The number of hydrogen-bond acceptors (Lipinski definition) is 1. The van der Waals surface area contributed by atoms with E-state index in [0.717, 1.165) is 17.7 Å². The molecule has 0 spiro atoms. The molecule has 0 aliphatic carbocycles. The summed E-state index contributed by atoms with van der Waals surface area (Å²) in [7, 11) is 0. The SMILES string of the molecule is CCCC(=O)Nc1cccc(CC[O])c1. The lowest BCUT2D eigenvalue weighted by molar-refractivity contribution is -0.116. The molecule has 0 aliphatic heterocycles. The molecule has 1 aromatic carbocycles. The Morgan fingerprint density at radius 1 is 1.40 bits per heavy atom. The van der Waals surface area contributed by atoms with E-state index in [4.69, 9.17) is 0 Å². The van der Waals surface area contributed by atoms with Crippen molar-refractivity contribution in [2.24, 2.45) is 0 Å². The fraction of sp³-hybridized carbons (Fsp3) is 0.417. The van der Waals surface area contributed by atoms with Crippen molar-refractivity contribution < 1.29 is 9.90 Å². The third-order valence-corrected chi connectivity index (χ3v) is 2.08. The van der Waals surface area contributed by atoms with Crippen LogP contribution in [0.1, 0.15) is 25.3 Å². The summed E-state index contributed by atoms with van der Waals surface area (Å²) in [6.45, 7) is 1.85. The first kappa shape index (κ1) is 11.7. The average molecular weight is 206 g/mol. The summed E-state index contributed by atoms with van der Waals surface area (Å²) in [6.07, 6.45) is 1.88. The van der Waals surface area contributed by atoms with Crippen LogP contribution in [0.25, 0.3) is 0 Å². The molecule has 0 aliphatic rings. The van der Waals surface area contributed by atoms with Crippen molar-refractivity contribution in [3.8, 4) is 0 Å². The summed E-state index contributed by atoms with van der Waals surface area (Å²) >= 11 is 0. The minimum absolute atomic E-state index is 0.0248. The number of carbonyl (C=O) groups is 1. The zero-order valence-electron chi connectivity index (χ0n) is 8.95. The fourth-order valence-electron chi connectivity index (χ4n) is 1.37. The zero-order valence-corrected chi connectivity index (χ0v) is 8.95. The Balaban J connectivity index is 2.60. The van der Waals surface area contributed by atoms with E-state index in [0.29, 0.717) is 12.8 Å². The lowest BCUT2D eigenvalue weighted by Gasteiger charge is -2.05. The second-order valence-corrected chi connectivity index (χ2v) is 3.45. The Bertz CT molecular complexity index is 323. The van der Waals surface area contributed by atoms with Crippen molar-refractivity contribution in [3.05, 3.63) is 29.8 Å². The molecule has 15 heavy (non-hydrogen) atoms. The highest BCUT2D eigenvalue weighted by Gasteiger charge is 2.01. The standard InChI is InChI=1S/C12H16NO2/c1-2-4-12(15)13-11-6-3-5-10(9-11)7-8-14/h3,5-6,9H,2,4,7-8H2,1H3,(H,13,15). The van der Waals surface area contributed by atoms with Gasteiger partial charge in [-0.2, -0.15) is 0 Å². The van der Waals surface area contributed by atoms with Gasteiger partial charge in [0.25, 0.3) is 0 Å². The van der Waals surface area contributed by atoms with Crippen LogP contribution in [0.5, 0.6) is 0 Å². The highest BCUT2D eigenvalue weighted by molar-refractivity contribution is 5.90. The van der Waals surface area contributed by atoms with E-state index in [1.807, 2.05) is 31.2 Å². The molecular weight excluding hydrogens is 190 g/mol. The Labute approximate surface area is 90.1 Å². The fourth-order valence-corrected chi connectivity index (χ4v) is 1.37. The summed E-state index contributed by atoms with van der Waals surface area (Å²) in [5, 5.41) is 13.2. The molecular formula is C12H16NO2. The van der Waals surface area contributed by atoms with Crippen molar-refractivity contribution in [2.45, 2.75) is 26.2 Å². The maximum Gasteiger partial charge on any atom is 0.224 e. The molecule has 0 fully saturated rings. The highest BCUT2D eigenvalue weighted by Crippen LogP contribution is 2.11. The molecule has 81 valence electrons. The molecule has 0 heterocycles. The van der Waals surface area contributed by atoms with Crippen LogP contribution in [0.3, 0.4) is 0 Å². The van der Waals surface area contributed by atoms with E-state index in [1.54, 1.807) is 0 Å². The monoisotopic (exact) mass is 206 g/mol. The van der Waals surface area contributed by atoms with E-state index < -0.39 is 0 Å². The van der Waals surface area contributed by atoms with Crippen LogP contribution in [0.4, 0.5) is 5.69 Å². The van der Waals surface area contributed by atoms with Crippen molar-refractivity contribution in [2.75, 3.05) is 11.9 Å². The Kier molecular flexibility index (Phi) is 4.84. The minimum atomic E-state index is -0.119. The normalized spacial score (nSPS) is 10.0. The molecule has 0 aromatic heterocycles. The van der Waals surface area contributed by atoms with E-state index >= 15 is 0 Å². The number of hydrogen-bond donors (Lipinski definition) is 1. The van der Waals surface area contributed by atoms with Crippen molar-refractivity contribution in [3.63, 3.8) is 0 Å². The van der Waals surface area contributed by atoms with Crippen LogP contribution in [0.2, 0.25) is 0 Å². The molecule has 1 rings (SSSR count). The summed E-state index contributed by atoms with van der Waals surface area (Å²) in [5.41, 5.74) is 1.75. The maximum atomic E-state index is 11.3. The first-order chi connectivity index (χ1) is 7.26. The number of carbonyl (C=O) groups excluding carboxylic acids is 1. The van der Waals surface area contributed by atoms with Gasteiger partial charge >= 0.3 is 0 Å². The molecule has 0 saturated carbocycles. The Morgan fingerprint density at radius 3 is 2.87 bits per heavy atom. The van der Waals surface area contributed by atoms with E-state index in [1.165, 1.54) is 0 Å². The molecule has 0 atom stereocenters. The predicted octanol–water partition coefficient (Wildman–Crippen LogP) is 2.40. The number of rotatable bonds is 5. The summed E-state index contributed by atoms with van der Waals surface area (Å²) in [5.74, 6) is 0.0248. The summed E-state index contributed by atoms with van der Waals surface area (Å²) < 4.78 is 0. The number of benzene rings is 1. The van der Waals surface area contributed by atoms with Crippen LogP contribution < -0.4 is 5.32 Å². The quantitative estimate of drug-likeness (QED) is 0.790. The smallest absolute Gasteiger partial charge is 0.224 e. The third kappa shape index (κ3) is 4.13. The number of anilines is 1. The van der Waals surface area contributed by atoms with Gasteiger partial charge in [0.15, 0.2) is 0 Å². The molecule has 1 amide bonds. The number of nitrogens with one attached hydrogen (secondary N) is 1. The molecule has 3 heteroatoms. The summed E-state index contributed by atoms with van der Waals surface area (Å²) in [4.78, 5) is 11.3. The van der Waals surface area contributed by atoms with Gasteiger partial charge in [-0.25, -0.2) is 5.11 Å². The second kappa shape index (κ2) is 6.19. The lowest BCUT2D eigenvalue weighted by atomic mass is 10.1. The second-order valence-electron chi connectivity index (χ2n) is 3.45. The van der Waals surface area contributed by atoms with Crippen molar-refractivity contribution in [1.82, 2.24) is 0 Å². The topological polar surface area (TPSA) is 49.0 Å². The largest absolute Gasteiger partial charge is 0.326 e. The zero-order chi connectivity index (χ0) is 11.1. The summed E-state index contributed by atoms with van der Waals surface area (Å²) in [6, 6.07) is 7.44. The van der Waals surface area contributed by atoms with Crippen LogP contribution in [-0.4, -0.2) is 12.5 Å². The van der Waals surface area contributed by atoms with Crippen LogP contribution in [-0.2, 0) is 16.3 Å². The van der Waals surface area contributed by atoms with Crippen LogP contribution in [0, 0.1) is 0 Å². The van der Waals surface area contributed by atoms with Gasteiger partial charge in [0.05, 0.1) is 6.61 Å². The third-order valence-electron chi connectivity index (χ3n) is 2.08. The van der Waals surface area contributed by atoms with E-state index in [2.05, 4.69) is 5.32 Å². The minimum Gasteiger partial charge on any atom is -0.326 e. The Morgan fingerprint density at radius 2 is 2.20 bits per heavy atom. The van der Waals surface area contributed by atoms with Crippen LogP contribution >= 0.6 is 0 Å². The first-order valence-corrected chi connectivity index (χ1v) is 5.23. The van der Waals surface area contributed by atoms with Gasteiger partial charge in [0, 0.05) is 12.1 Å². The average Bonchev–Trinajstić information content (AvgIpc) is 2.19. The van der Waals surface area contributed by atoms with Gasteiger partial charge < -0.3 is 5.32 Å². The lowest BCUT2D eigenvalue weighted by Crippen LogP contribution is -2.10. The molecule has 0 saturated heterocycles. The number of amides is 1. The van der Waals surface area contributed by atoms with Gasteiger partial charge in [-0.15, -0.1) is 0 Å². The van der Waals surface area contributed by atoms with E-state index in [-0.39, 0.29) is 12.5 Å². The van der Waals surface area contributed by atoms with Gasteiger partial charge in [-0.05, 0) is 30.5 Å². The predicted molar refractivity (Wildman–Crippen MR) is 59.2 cm³/mol. The van der Waals surface area contributed by atoms with Crippen LogP contribution in [0.15, 0.2) is 24.3 Å². The first-order valence-electron chi connectivity index (χ1n) is 5.23. The Hall–Kier alpha value is -1.35. The van der Waals surface area contributed by atoms with E-state index in [9.17, 15) is 9.90 Å². The van der Waals surface area contributed by atoms with Crippen molar-refractivity contribution >= 4 is 11.6 Å². The van der Waals surface area contributed by atoms with Crippen molar-refractivity contribution in [1.29, 1.82) is 0 Å². The van der Waals surface area contributed by atoms with Gasteiger partial charge in [-0.3, -0.25) is 4.79 Å². The molecule has 3 nitrogen and oxygen atoms in total. The molecule has 1 radical (unpaired) electrons. The van der Waals surface area contributed by atoms with Gasteiger partial charge in [0.2, 0.25) is 5.91 Å². The molecule has 0 unspecified atom stereocenters.